The van der Waals surface area contributed by atoms with E-state index in [1.54, 1.807) is 12.1 Å². The first-order valence-corrected chi connectivity index (χ1v) is 4.70. The Balaban J connectivity index is 3.18. The molecule has 1 aliphatic heterocycles. The van der Waals surface area contributed by atoms with Crippen LogP contribution in [0.25, 0.3) is 0 Å². The first kappa shape index (κ1) is 12.0. The molecule has 0 amide bonds. The van der Waals surface area contributed by atoms with Gasteiger partial charge in [0.25, 0.3) is 0 Å². The fourth-order valence-electron chi connectivity index (χ4n) is 1.63. The largest absolute Gasteiger partial charge is 0.340 e. The number of nitriles is 2. The van der Waals surface area contributed by atoms with Gasteiger partial charge in [0, 0.05) is 13.5 Å². The van der Waals surface area contributed by atoms with Crippen LogP contribution in [0.2, 0.25) is 0 Å². The smallest absolute Gasteiger partial charge is 0.243 e. The first-order valence-electron chi connectivity index (χ1n) is 4.70. The summed E-state index contributed by atoms with van der Waals surface area (Å²) in [6.07, 6.45) is 1.12. The number of nitrogens with one attached hydrogen (secondary N) is 1. The van der Waals surface area contributed by atoms with E-state index in [-0.39, 0.29) is 11.4 Å². The van der Waals surface area contributed by atoms with Gasteiger partial charge in [-0.2, -0.15) is 15.5 Å². The molecule has 0 fully saturated rings. The lowest BCUT2D eigenvalue weighted by Gasteiger charge is -2.32. The second-order valence-electron chi connectivity index (χ2n) is 3.20. The normalized spacial score (nSPS) is 23.6. The van der Waals surface area contributed by atoms with Gasteiger partial charge in [0.2, 0.25) is 5.85 Å². The molecule has 0 radical (unpaired) electrons. The van der Waals surface area contributed by atoms with Gasteiger partial charge in [-0.15, -0.1) is 4.91 Å². The molecule has 0 saturated carbocycles. The topological polar surface area (TPSA) is 102 Å². The number of nitroso groups, excluding NO2 is 1. The Morgan fingerprint density at radius 1 is 1.56 bits per heavy atom. The van der Waals surface area contributed by atoms with Crippen LogP contribution in [-0.2, 0) is 4.74 Å². The average Bonchev–Trinajstić information content (AvgIpc) is 2.63. The number of hydrogen-bond donors (Lipinski definition) is 1. The lowest BCUT2D eigenvalue weighted by atomic mass is 10.2. The van der Waals surface area contributed by atoms with Gasteiger partial charge >= 0.3 is 0 Å². The Kier molecular flexibility index (Phi) is 3.44. The summed E-state index contributed by atoms with van der Waals surface area (Å²) in [7, 11) is 1.39. The average molecular weight is 221 g/mol. The zero-order chi connectivity index (χ0) is 12.2. The maximum absolute atomic E-state index is 10.7. The van der Waals surface area contributed by atoms with E-state index in [2.05, 4.69) is 10.6 Å². The summed E-state index contributed by atoms with van der Waals surface area (Å²) >= 11 is 0. The zero-order valence-electron chi connectivity index (χ0n) is 9.02. The summed E-state index contributed by atoms with van der Waals surface area (Å²) in [5.41, 5.74) is -0.120. The van der Waals surface area contributed by atoms with Crippen LogP contribution in [0.15, 0.2) is 16.7 Å². The Labute approximate surface area is 92.8 Å². The van der Waals surface area contributed by atoms with Crippen LogP contribution in [0.4, 0.5) is 0 Å². The van der Waals surface area contributed by atoms with Gasteiger partial charge in [-0.05, 0) is 6.42 Å². The molecule has 0 bridgehead atoms. The van der Waals surface area contributed by atoms with Crippen LogP contribution in [0.3, 0.4) is 0 Å². The Bertz CT molecular complexity index is 405. The molecule has 16 heavy (non-hydrogen) atoms. The van der Waals surface area contributed by atoms with E-state index in [1.165, 1.54) is 7.11 Å². The molecule has 1 unspecified atom stereocenters. The number of ether oxygens (including phenoxy) is 1. The molecular formula is C9H11N5O2. The summed E-state index contributed by atoms with van der Waals surface area (Å²) in [4.78, 5) is 10.7. The number of methoxy groups -OCH3 is 1. The summed E-state index contributed by atoms with van der Waals surface area (Å²) in [5.74, 6) is -1.22. The molecule has 1 N–H and O–H groups in total. The van der Waals surface area contributed by atoms with E-state index in [9.17, 15) is 4.91 Å². The molecule has 7 nitrogen and oxygen atoms in total. The number of rotatable bonds is 4. The van der Waals surface area contributed by atoms with Crippen LogP contribution in [0.5, 0.6) is 0 Å². The van der Waals surface area contributed by atoms with Crippen molar-refractivity contribution >= 4 is 0 Å². The first-order chi connectivity index (χ1) is 7.68. The number of hydrogen-bond acceptors (Lipinski definition) is 6. The van der Waals surface area contributed by atoms with Crippen LogP contribution >= 0.6 is 0 Å². The van der Waals surface area contributed by atoms with E-state index in [0.717, 1.165) is 5.01 Å². The third-order valence-electron chi connectivity index (χ3n) is 2.34. The molecule has 0 aromatic carbocycles. The molecular weight excluding hydrogens is 210 g/mol. The predicted molar refractivity (Wildman–Crippen MR) is 53.7 cm³/mol. The third-order valence-corrected chi connectivity index (χ3v) is 2.34. The minimum absolute atomic E-state index is 0.00241. The molecule has 1 atom stereocenters. The van der Waals surface area contributed by atoms with Gasteiger partial charge < -0.3 is 10.1 Å². The Morgan fingerprint density at radius 2 is 2.25 bits per heavy atom. The van der Waals surface area contributed by atoms with Crippen molar-refractivity contribution in [3.05, 3.63) is 16.3 Å². The highest BCUT2D eigenvalue weighted by Crippen LogP contribution is 2.32. The summed E-state index contributed by atoms with van der Waals surface area (Å²) in [6.45, 7) is 1.89. The summed E-state index contributed by atoms with van der Waals surface area (Å²) in [6, 6.07) is 3.56. The van der Waals surface area contributed by atoms with Crippen molar-refractivity contribution in [3.8, 4) is 12.1 Å². The van der Waals surface area contributed by atoms with Gasteiger partial charge in [0.05, 0.1) is 5.29 Å². The lowest BCUT2D eigenvalue weighted by Crippen LogP contribution is -2.52. The second-order valence-corrected chi connectivity index (χ2v) is 3.20. The molecule has 1 rings (SSSR count). The van der Waals surface area contributed by atoms with Gasteiger partial charge in [-0.1, -0.05) is 6.92 Å². The zero-order valence-corrected chi connectivity index (χ0v) is 9.02. The summed E-state index contributed by atoms with van der Waals surface area (Å²) < 4.78 is 5.18. The lowest BCUT2D eigenvalue weighted by molar-refractivity contribution is -0.129. The fourth-order valence-corrected chi connectivity index (χ4v) is 1.63. The van der Waals surface area contributed by atoms with Gasteiger partial charge in [0.1, 0.15) is 12.1 Å². The van der Waals surface area contributed by atoms with E-state index < -0.39 is 5.85 Å². The van der Waals surface area contributed by atoms with Crippen molar-refractivity contribution in [1.29, 1.82) is 10.5 Å². The monoisotopic (exact) mass is 221 g/mol. The highest BCUT2D eigenvalue weighted by Gasteiger charge is 2.47. The molecule has 1 heterocycles. The van der Waals surface area contributed by atoms with Crippen LogP contribution < -0.4 is 5.32 Å². The van der Waals surface area contributed by atoms with Crippen molar-refractivity contribution in [2.24, 2.45) is 5.29 Å². The standard InChI is InChI=1S/C9H11N5O2/c1-3-4-9(16-2)12-7(5-10)8(6-11)14(9)13-15/h12H,3-4H2,1-2H3. The minimum atomic E-state index is -1.22. The molecule has 84 valence electrons. The number of allylic oxidation sites excluding steroid dienone is 2. The molecule has 0 aliphatic carbocycles. The number of nitrogens with zero attached hydrogens (tertiary/aromatic N) is 4. The second kappa shape index (κ2) is 4.60. The van der Waals surface area contributed by atoms with Crippen LogP contribution in [0.1, 0.15) is 19.8 Å². The third kappa shape index (κ3) is 1.58. The van der Waals surface area contributed by atoms with Gasteiger partial charge in [-0.25, -0.2) is 0 Å². The SMILES string of the molecule is CCCC1(OC)NC(C#N)=C(C#N)N1N=O. The fraction of sp³-hybridized carbons (Fsp3) is 0.556. The molecule has 0 aromatic rings. The van der Waals surface area contributed by atoms with Crippen molar-refractivity contribution in [1.82, 2.24) is 10.3 Å². The molecule has 0 aromatic heterocycles. The molecule has 7 heteroatoms. The van der Waals surface area contributed by atoms with E-state index in [1.807, 2.05) is 6.92 Å². The Morgan fingerprint density at radius 3 is 2.62 bits per heavy atom. The van der Waals surface area contributed by atoms with Crippen molar-refractivity contribution in [2.45, 2.75) is 25.6 Å². The van der Waals surface area contributed by atoms with Crippen LogP contribution in [0, 0.1) is 27.6 Å². The Hall–Kier alpha value is -2.12. The maximum atomic E-state index is 10.7. The minimum Gasteiger partial charge on any atom is -0.340 e. The van der Waals surface area contributed by atoms with Gasteiger partial charge in [0.15, 0.2) is 11.4 Å². The van der Waals surface area contributed by atoms with E-state index in [0.29, 0.717) is 12.8 Å². The summed E-state index contributed by atoms with van der Waals surface area (Å²) in [5, 5.41) is 24.0. The van der Waals surface area contributed by atoms with E-state index >= 15 is 0 Å². The predicted octanol–water partition coefficient (Wildman–Crippen LogP) is 0.932. The maximum Gasteiger partial charge on any atom is 0.243 e. The van der Waals surface area contributed by atoms with Crippen molar-refractivity contribution in [2.75, 3.05) is 7.11 Å². The van der Waals surface area contributed by atoms with Gasteiger partial charge in [-0.3, -0.25) is 0 Å². The highest BCUT2D eigenvalue weighted by molar-refractivity contribution is 5.39. The van der Waals surface area contributed by atoms with Crippen LogP contribution in [-0.4, -0.2) is 18.0 Å². The molecule has 1 aliphatic rings. The quantitative estimate of drug-likeness (QED) is 0.708. The van der Waals surface area contributed by atoms with Crippen molar-refractivity contribution in [3.63, 3.8) is 0 Å². The molecule has 0 spiro atoms. The van der Waals surface area contributed by atoms with Crippen molar-refractivity contribution < 1.29 is 4.74 Å². The van der Waals surface area contributed by atoms with E-state index in [4.69, 9.17) is 15.3 Å². The highest BCUT2D eigenvalue weighted by atomic mass is 16.5. The molecule has 0 saturated heterocycles.